The lowest BCUT2D eigenvalue weighted by molar-refractivity contribution is 1.28. The highest BCUT2D eigenvalue weighted by atomic mass is 14.7. The highest BCUT2D eigenvalue weighted by molar-refractivity contribution is 5.87. The van der Waals surface area contributed by atoms with E-state index < -0.39 is 0 Å². The molecule has 0 aliphatic carbocycles. The number of nitrogens with one attached hydrogen (secondary N) is 1. The van der Waals surface area contributed by atoms with Crippen molar-refractivity contribution in [1.82, 2.24) is 4.98 Å². The molecule has 1 nitrogen and oxygen atoms in total. The molecule has 0 aliphatic heterocycles. The maximum absolute atomic E-state index is 3.22. The fourth-order valence-corrected chi connectivity index (χ4v) is 1.58. The van der Waals surface area contributed by atoms with Gasteiger partial charge in [0, 0.05) is 17.3 Å². The number of rotatable bonds is 0. The lowest BCUT2D eigenvalue weighted by atomic mass is 10.1. The first kappa shape index (κ1) is 6.47. The summed E-state index contributed by atoms with van der Waals surface area (Å²) in [5.41, 5.74) is 2.61. The Kier molecular flexibility index (Phi) is 1.25. The Bertz CT molecular complexity index is 385. The fraction of sp³-hybridized carbons (Fsp3) is 0.200. The number of hydrogen-bond acceptors (Lipinski definition) is 0. The summed E-state index contributed by atoms with van der Waals surface area (Å²) in [5, 5.41) is 2.68. The molecule has 1 N–H and O–H groups in total. The van der Waals surface area contributed by atoms with Crippen LogP contribution < -0.4 is 0 Å². The summed E-state index contributed by atoms with van der Waals surface area (Å²) >= 11 is 0. The van der Waals surface area contributed by atoms with Crippen molar-refractivity contribution in [1.29, 1.82) is 0 Å². The van der Waals surface area contributed by atoms with E-state index in [2.05, 4.69) is 43.2 Å². The minimum atomic E-state index is 1.26. The van der Waals surface area contributed by atoms with Crippen LogP contribution in [0.5, 0.6) is 0 Å². The molecule has 1 heteroatoms. The zero-order valence-corrected chi connectivity index (χ0v) is 6.81. The van der Waals surface area contributed by atoms with Crippen molar-refractivity contribution in [3.05, 3.63) is 35.7 Å². The van der Waals surface area contributed by atoms with Gasteiger partial charge in [-0.2, -0.15) is 0 Å². The summed E-state index contributed by atoms with van der Waals surface area (Å²) in [4.78, 5) is 3.22. The summed E-state index contributed by atoms with van der Waals surface area (Å²) in [6.45, 7) is 4.25. The molecule has 0 aliphatic rings. The molecule has 0 bridgehead atoms. The van der Waals surface area contributed by atoms with Gasteiger partial charge < -0.3 is 4.98 Å². The predicted molar refractivity (Wildman–Crippen MR) is 47.8 cm³/mol. The van der Waals surface area contributed by atoms with Crippen molar-refractivity contribution in [2.45, 2.75) is 13.8 Å². The molecule has 11 heavy (non-hydrogen) atoms. The fourth-order valence-electron chi connectivity index (χ4n) is 1.58. The first-order valence-corrected chi connectivity index (χ1v) is 3.82. The van der Waals surface area contributed by atoms with Crippen LogP contribution in [0.15, 0.2) is 24.4 Å². The average molecular weight is 145 g/mol. The van der Waals surface area contributed by atoms with Crippen LogP contribution in [0.2, 0.25) is 0 Å². The summed E-state index contributed by atoms with van der Waals surface area (Å²) in [6.07, 6.45) is 2.05. The van der Waals surface area contributed by atoms with Gasteiger partial charge in [0.2, 0.25) is 0 Å². The Morgan fingerprint density at radius 1 is 1.18 bits per heavy atom. The van der Waals surface area contributed by atoms with E-state index in [-0.39, 0.29) is 0 Å². The van der Waals surface area contributed by atoms with Crippen molar-refractivity contribution in [3.63, 3.8) is 0 Å². The summed E-state index contributed by atoms with van der Waals surface area (Å²) in [7, 11) is 0. The molecule has 0 spiro atoms. The maximum Gasteiger partial charge on any atom is 0.0198 e. The monoisotopic (exact) mass is 145 g/mol. The SMILES string of the molecule is Cc1cccc2c[nH]c(C)c12. The molecule has 1 aromatic carbocycles. The van der Waals surface area contributed by atoms with Crippen LogP contribution in [0.3, 0.4) is 0 Å². The highest BCUT2D eigenvalue weighted by Crippen LogP contribution is 2.20. The van der Waals surface area contributed by atoms with Crippen LogP contribution in [0, 0.1) is 13.8 Å². The van der Waals surface area contributed by atoms with Gasteiger partial charge in [0.1, 0.15) is 0 Å². The second kappa shape index (κ2) is 2.12. The molecule has 0 atom stereocenters. The van der Waals surface area contributed by atoms with E-state index in [0.29, 0.717) is 0 Å². The largest absolute Gasteiger partial charge is 0.364 e. The van der Waals surface area contributed by atoms with E-state index in [4.69, 9.17) is 0 Å². The van der Waals surface area contributed by atoms with Crippen molar-refractivity contribution in [2.75, 3.05) is 0 Å². The van der Waals surface area contributed by atoms with Crippen molar-refractivity contribution in [2.24, 2.45) is 0 Å². The topological polar surface area (TPSA) is 15.8 Å². The maximum atomic E-state index is 3.22. The zero-order chi connectivity index (χ0) is 7.84. The summed E-state index contributed by atoms with van der Waals surface area (Å²) < 4.78 is 0. The van der Waals surface area contributed by atoms with Crippen LogP contribution >= 0.6 is 0 Å². The molecular weight excluding hydrogens is 134 g/mol. The van der Waals surface area contributed by atoms with Crippen LogP contribution in [0.4, 0.5) is 0 Å². The van der Waals surface area contributed by atoms with Crippen molar-refractivity contribution in [3.8, 4) is 0 Å². The number of aryl methyl sites for hydroxylation is 2. The van der Waals surface area contributed by atoms with E-state index >= 15 is 0 Å². The van der Waals surface area contributed by atoms with Gasteiger partial charge in [0.05, 0.1) is 0 Å². The number of benzene rings is 1. The molecule has 1 heterocycles. The molecule has 0 fully saturated rings. The van der Waals surface area contributed by atoms with Crippen molar-refractivity contribution >= 4 is 10.8 Å². The van der Waals surface area contributed by atoms with E-state index in [1.165, 1.54) is 22.0 Å². The standard InChI is InChI=1S/C10H11N/c1-7-4-3-5-9-6-11-8(2)10(7)9/h3-6,11H,1-2H3. The molecular formula is C10H11N. The first-order chi connectivity index (χ1) is 5.29. The molecule has 0 unspecified atom stereocenters. The molecule has 0 radical (unpaired) electrons. The van der Waals surface area contributed by atoms with Gasteiger partial charge in [-0.3, -0.25) is 0 Å². The van der Waals surface area contributed by atoms with Gasteiger partial charge in [0.15, 0.2) is 0 Å². The van der Waals surface area contributed by atoms with Gasteiger partial charge in [-0.1, -0.05) is 18.2 Å². The van der Waals surface area contributed by atoms with Gasteiger partial charge >= 0.3 is 0 Å². The third kappa shape index (κ3) is 0.845. The summed E-state index contributed by atoms with van der Waals surface area (Å²) in [6, 6.07) is 6.36. The molecule has 0 saturated carbocycles. The minimum Gasteiger partial charge on any atom is -0.364 e. The quantitative estimate of drug-likeness (QED) is 0.586. The number of aromatic nitrogens is 1. The molecule has 1 aromatic heterocycles. The number of aromatic amines is 1. The Hall–Kier alpha value is -1.24. The lowest BCUT2D eigenvalue weighted by Gasteiger charge is -1.95. The number of H-pyrrole nitrogens is 1. The van der Waals surface area contributed by atoms with Gasteiger partial charge in [-0.25, -0.2) is 0 Å². The smallest absolute Gasteiger partial charge is 0.0198 e. The molecule has 56 valence electrons. The molecule has 0 amide bonds. The van der Waals surface area contributed by atoms with E-state index in [1.807, 2.05) is 0 Å². The second-order valence-corrected chi connectivity index (χ2v) is 2.95. The summed E-state index contributed by atoms with van der Waals surface area (Å²) in [5.74, 6) is 0. The predicted octanol–water partition coefficient (Wildman–Crippen LogP) is 2.78. The minimum absolute atomic E-state index is 1.26. The van der Waals surface area contributed by atoms with Gasteiger partial charge in [-0.05, 0) is 24.8 Å². The average Bonchev–Trinajstić information content (AvgIpc) is 2.34. The van der Waals surface area contributed by atoms with Crippen molar-refractivity contribution < 1.29 is 0 Å². The molecule has 2 rings (SSSR count). The van der Waals surface area contributed by atoms with Crippen LogP contribution in [-0.2, 0) is 0 Å². The Balaban J connectivity index is 2.96. The van der Waals surface area contributed by atoms with E-state index in [0.717, 1.165) is 0 Å². The highest BCUT2D eigenvalue weighted by Gasteiger charge is 1.99. The number of hydrogen-bond donors (Lipinski definition) is 1. The van der Waals surface area contributed by atoms with Crippen LogP contribution in [0.25, 0.3) is 10.8 Å². The Labute approximate surface area is 66.1 Å². The Morgan fingerprint density at radius 3 is 2.73 bits per heavy atom. The normalized spacial score (nSPS) is 10.7. The van der Waals surface area contributed by atoms with E-state index in [1.54, 1.807) is 0 Å². The third-order valence-corrected chi connectivity index (χ3v) is 2.12. The van der Waals surface area contributed by atoms with Gasteiger partial charge in [0.25, 0.3) is 0 Å². The second-order valence-electron chi connectivity index (χ2n) is 2.95. The zero-order valence-electron chi connectivity index (χ0n) is 6.81. The van der Waals surface area contributed by atoms with E-state index in [9.17, 15) is 0 Å². The molecule has 2 aromatic rings. The van der Waals surface area contributed by atoms with Crippen LogP contribution in [-0.4, -0.2) is 4.98 Å². The lowest BCUT2D eigenvalue weighted by Crippen LogP contribution is -1.75. The third-order valence-electron chi connectivity index (χ3n) is 2.12. The van der Waals surface area contributed by atoms with Crippen LogP contribution in [0.1, 0.15) is 11.3 Å². The first-order valence-electron chi connectivity index (χ1n) is 3.82. The molecule has 0 saturated heterocycles. The number of fused-ring (bicyclic) bond motifs is 1. The Morgan fingerprint density at radius 2 is 2.00 bits per heavy atom. The van der Waals surface area contributed by atoms with Gasteiger partial charge in [-0.15, -0.1) is 0 Å².